The topological polar surface area (TPSA) is 29.3 Å². The molecule has 1 aromatic carbocycles. The van der Waals surface area contributed by atoms with E-state index >= 15 is 0 Å². The maximum Gasteiger partial charge on any atom is 0.0423 e. The highest BCUT2D eigenvalue weighted by atomic mass is 32.2. The van der Waals surface area contributed by atoms with Crippen LogP contribution in [0, 0.1) is 0 Å². The van der Waals surface area contributed by atoms with Gasteiger partial charge in [-0.3, -0.25) is 0 Å². The lowest BCUT2D eigenvalue weighted by Gasteiger charge is -2.35. The van der Waals surface area contributed by atoms with Gasteiger partial charge in [0.1, 0.15) is 0 Å². The first-order valence-corrected chi connectivity index (χ1v) is 6.20. The molecule has 0 radical (unpaired) electrons. The van der Waals surface area contributed by atoms with E-state index in [0.29, 0.717) is 6.54 Å². The van der Waals surface area contributed by atoms with Gasteiger partial charge in [-0.05, 0) is 24.8 Å². The second-order valence-corrected chi connectivity index (χ2v) is 4.35. The van der Waals surface area contributed by atoms with Gasteiger partial charge < -0.3 is 10.6 Å². The smallest absolute Gasteiger partial charge is 0.0423 e. The van der Waals surface area contributed by atoms with Gasteiger partial charge in [-0.15, -0.1) is 11.8 Å². The summed E-state index contributed by atoms with van der Waals surface area (Å²) in [6.07, 6.45) is 3.42. The third-order valence-corrected chi connectivity index (χ3v) is 3.55. The van der Waals surface area contributed by atoms with Crippen LogP contribution in [-0.2, 0) is 6.54 Å². The molecule has 0 spiro atoms. The minimum absolute atomic E-state index is 0.642. The summed E-state index contributed by atoms with van der Waals surface area (Å²) in [5.74, 6) is 0. The number of rotatable bonds is 3. The van der Waals surface area contributed by atoms with Crippen molar-refractivity contribution in [2.45, 2.75) is 17.9 Å². The van der Waals surface area contributed by atoms with Gasteiger partial charge in [0.15, 0.2) is 0 Å². The maximum absolute atomic E-state index is 5.80. The average molecular weight is 208 g/mol. The first-order valence-electron chi connectivity index (χ1n) is 4.97. The molecule has 3 heteroatoms. The fourth-order valence-electron chi connectivity index (χ4n) is 1.80. The van der Waals surface area contributed by atoms with Gasteiger partial charge in [-0.2, -0.15) is 0 Å². The van der Waals surface area contributed by atoms with Gasteiger partial charge in [0.05, 0.1) is 0 Å². The van der Waals surface area contributed by atoms with E-state index in [1.54, 1.807) is 11.8 Å². The lowest BCUT2D eigenvalue weighted by molar-refractivity contribution is 0.613. The van der Waals surface area contributed by atoms with Gasteiger partial charge in [-0.1, -0.05) is 6.07 Å². The van der Waals surface area contributed by atoms with E-state index in [4.69, 9.17) is 5.73 Å². The largest absolute Gasteiger partial charge is 0.371 e. The fraction of sp³-hybridized carbons (Fsp3) is 0.455. The summed E-state index contributed by atoms with van der Waals surface area (Å²) in [5, 5.41) is 0. The molecule has 0 aromatic heterocycles. The third kappa shape index (κ3) is 1.62. The SMILES string of the molecule is CSc1cccc(N2CCC2)c1CN. The molecule has 2 nitrogen and oxygen atoms in total. The predicted octanol–water partition coefficient (Wildman–Crippen LogP) is 2.08. The zero-order valence-corrected chi connectivity index (χ0v) is 9.31. The quantitative estimate of drug-likeness (QED) is 0.771. The Hall–Kier alpha value is -0.670. The summed E-state index contributed by atoms with van der Waals surface area (Å²) in [6.45, 7) is 3.01. The number of nitrogens with zero attached hydrogens (tertiary/aromatic N) is 1. The van der Waals surface area contributed by atoms with Crippen molar-refractivity contribution in [1.29, 1.82) is 0 Å². The van der Waals surface area contributed by atoms with Crippen molar-refractivity contribution in [3.05, 3.63) is 23.8 Å². The second kappa shape index (κ2) is 4.24. The van der Waals surface area contributed by atoms with E-state index in [2.05, 4.69) is 29.4 Å². The molecule has 0 unspecified atom stereocenters. The second-order valence-electron chi connectivity index (χ2n) is 3.50. The van der Waals surface area contributed by atoms with Crippen molar-refractivity contribution >= 4 is 17.4 Å². The molecule has 1 aliphatic rings. The summed E-state index contributed by atoms with van der Waals surface area (Å²) >= 11 is 1.78. The molecule has 1 aliphatic heterocycles. The van der Waals surface area contributed by atoms with Crippen LogP contribution >= 0.6 is 11.8 Å². The van der Waals surface area contributed by atoms with E-state index in [0.717, 1.165) is 0 Å². The molecule has 1 heterocycles. The number of thioether (sulfide) groups is 1. The Labute approximate surface area is 89.5 Å². The Morgan fingerprint density at radius 2 is 2.21 bits per heavy atom. The van der Waals surface area contributed by atoms with Crippen LogP contribution in [0.2, 0.25) is 0 Å². The Morgan fingerprint density at radius 1 is 1.43 bits per heavy atom. The van der Waals surface area contributed by atoms with Crippen molar-refractivity contribution in [2.75, 3.05) is 24.2 Å². The van der Waals surface area contributed by atoms with Gasteiger partial charge in [0, 0.05) is 35.8 Å². The number of hydrogen-bond acceptors (Lipinski definition) is 3. The average Bonchev–Trinajstić information content (AvgIpc) is 2.15. The van der Waals surface area contributed by atoms with Gasteiger partial charge in [0.25, 0.3) is 0 Å². The summed E-state index contributed by atoms with van der Waals surface area (Å²) in [7, 11) is 0. The summed E-state index contributed by atoms with van der Waals surface area (Å²) < 4.78 is 0. The monoisotopic (exact) mass is 208 g/mol. The van der Waals surface area contributed by atoms with E-state index in [1.165, 1.54) is 35.7 Å². The van der Waals surface area contributed by atoms with Crippen molar-refractivity contribution in [1.82, 2.24) is 0 Å². The van der Waals surface area contributed by atoms with Crippen molar-refractivity contribution in [3.8, 4) is 0 Å². The Kier molecular flexibility index (Phi) is 2.99. The highest BCUT2D eigenvalue weighted by molar-refractivity contribution is 7.98. The first kappa shape index (κ1) is 9.87. The highest BCUT2D eigenvalue weighted by Crippen LogP contribution is 2.31. The molecule has 0 atom stereocenters. The Bertz CT molecular complexity index is 321. The standard InChI is InChI=1S/C11H16N2S/c1-14-11-5-2-4-10(9(11)8-12)13-6-3-7-13/h2,4-5H,3,6-8,12H2,1H3. The molecule has 1 saturated heterocycles. The van der Waals surface area contributed by atoms with Crippen molar-refractivity contribution in [3.63, 3.8) is 0 Å². The summed E-state index contributed by atoms with van der Waals surface area (Å²) in [4.78, 5) is 3.72. The number of hydrogen-bond donors (Lipinski definition) is 1. The van der Waals surface area contributed by atoms with Crippen LogP contribution in [0.1, 0.15) is 12.0 Å². The van der Waals surface area contributed by atoms with Gasteiger partial charge >= 0.3 is 0 Å². The molecule has 0 bridgehead atoms. The number of anilines is 1. The van der Waals surface area contributed by atoms with Crippen LogP contribution in [0.15, 0.2) is 23.1 Å². The van der Waals surface area contributed by atoms with Crippen LogP contribution in [0.3, 0.4) is 0 Å². The van der Waals surface area contributed by atoms with E-state index in [9.17, 15) is 0 Å². The van der Waals surface area contributed by atoms with Gasteiger partial charge in [-0.25, -0.2) is 0 Å². The molecule has 1 aromatic rings. The normalized spacial score (nSPS) is 15.4. The zero-order valence-electron chi connectivity index (χ0n) is 8.49. The van der Waals surface area contributed by atoms with Crippen LogP contribution in [0.25, 0.3) is 0 Å². The van der Waals surface area contributed by atoms with Crippen LogP contribution in [0.4, 0.5) is 5.69 Å². The summed E-state index contributed by atoms with van der Waals surface area (Å²) in [6, 6.07) is 6.45. The fourth-order valence-corrected chi connectivity index (χ4v) is 2.45. The van der Waals surface area contributed by atoms with Crippen LogP contribution in [0.5, 0.6) is 0 Å². The van der Waals surface area contributed by atoms with Crippen molar-refractivity contribution in [2.24, 2.45) is 5.73 Å². The Balaban J connectivity index is 2.36. The lowest BCUT2D eigenvalue weighted by atomic mass is 10.1. The number of benzene rings is 1. The molecule has 14 heavy (non-hydrogen) atoms. The molecular formula is C11H16N2S. The van der Waals surface area contributed by atoms with E-state index in [-0.39, 0.29) is 0 Å². The number of nitrogens with two attached hydrogens (primary N) is 1. The molecule has 2 N–H and O–H groups in total. The third-order valence-electron chi connectivity index (χ3n) is 2.73. The van der Waals surface area contributed by atoms with Crippen LogP contribution < -0.4 is 10.6 Å². The minimum atomic E-state index is 0.642. The lowest BCUT2D eigenvalue weighted by Crippen LogP contribution is -2.37. The zero-order chi connectivity index (χ0) is 9.97. The molecule has 0 amide bonds. The molecular weight excluding hydrogens is 192 g/mol. The van der Waals surface area contributed by atoms with Crippen molar-refractivity contribution < 1.29 is 0 Å². The molecule has 1 fully saturated rings. The predicted molar refractivity (Wildman–Crippen MR) is 62.9 cm³/mol. The first-order chi connectivity index (χ1) is 6.86. The Morgan fingerprint density at radius 3 is 2.71 bits per heavy atom. The van der Waals surface area contributed by atoms with Gasteiger partial charge in [0.2, 0.25) is 0 Å². The molecule has 2 rings (SSSR count). The van der Waals surface area contributed by atoms with E-state index in [1.807, 2.05) is 0 Å². The van der Waals surface area contributed by atoms with Crippen LogP contribution in [-0.4, -0.2) is 19.3 Å². The highest BCUT2D eigenvalue weighted by Gasteiger charge is 2.18. The molecule has 76 valence electrons. The summed E-state index contributed by atoms with van der Waals surface area (Å²) in [5.41, 5.74) is 8.45. The molecule has 0 aliphatic carbocycles. The van der Waals surface area contributed by atoms with E-state index < -0.39 is 0 Å². The minimum Gasteiger partial charge on any atom is -0.371 e. The molecule has 0 saturated carbocycles. The maximum atomic E-state index is 5.80.